The third-order valence-electron chi connectivity index (χ3n) is 7.36. The molecule has 0 spiro atoms. The Bertz CT molecular complexity index is 1750. The van der Waals surface area contributed by atoms with Crippen molar-refractivity contribution >= 4 is 39.6 Å². The Hall–Kier alpha value is -5.08. The van der Waals surface area contributed by atoms with Gasteiger partial charge >= 0.3 is 0 Å². The molecule has 194 valence electrons. The first kappa shape index (κ1) is 25.2. The van der Waals surface area contributed by atoms with E-state index in [9.17, 15) is 0 Å². The molecule has 0 radical (unpaired) electrons. The van der Waals surface area contributed by atoms with Crippen LogP contribution in [-0.2, 0) is 6.42 Å². The lowest BCUT2D eigenvalue weighted by molar-refractivity contribution is 0.591. The highest BCUT2D eigenvalue weighted by atomic mass is 16.3. The summed E-state index contributed by atoms with van der Waals surface area (Å²) in [5, 5.41) is 4.76. The molecule has 6 rings (SSSR count). The van der Waals surface area contributed by atoms with Crippen molar-refractivity contribution in [2.24, 2.45) is 0 Å². The number of anilines is 2. The predicted octanol–water partition coefficient (Wildman–Crippen LogP) is 10.4. The molecule has 0 unspecified atom stereocenters. The summed E-state index contributed by atoms with van der Waals surface area (Å²) >= 11 is 0. The summed E-state index contributed by atoms with van der Waals surface area (Å²) in [4.78, 5) is 0. The molecule has 0 aliphatic heterocycles. The number of nitrogens with one attached hydrogen (secondary N) is 1. The van der Waals surface area contributed by atoms with Gasteiger partial charge in [0.25, 0.3) is 0 Å². The Balaban J connectivity index is 1.17. The second kappa shape index (κ2) is 11.3. The minimum atomic E-state index is 0.964. The summed E-state index contributed by atoms with van der Waals surface area (Å²) in [5.41, 5.74) is 11.1. The van der Waals surface area contributed by atoms with Crippen LogP contribution in [0.4, 0.5) is 11.4 Å². The molecule has 0 atom stereocenters. The molecule has 4 aromatic carbocycles. The van der Waals surface area contributed by atoms with Gasteiger partial charge in [-0.05, 0) is 71.0 Å². The van der Waals surface area contributed by atoms with Gasteiger partial charge in [-0.1, -0.05) is 116 Å². The highest BCUT2D eigenvalue weighted by molar-refractivity contribution is 5.91. The van der Waals surface area contributed by atoms with E-state index >= 15 is 0 Å². The fourth-order valence-electron chi connectivity index (χ4n) is 5.30. The van der Waals surface area contributed by atoms with Crippen molar-refractivity contribution in [3.63, 3.8) is 0 Å². The molecule has 0 amide bonds. The van der Waals surface area contributed by atoms with Crippen molar-refractivity contribution in [2.45, 2.75) is 12.8 Å². The summed E-state index contributed by atoms with van der Waals surface area (Å²) in [6.07, 6.45) is 12.3. The minimum Gasteiger partial charge on any atom is -0.456 e. The van der Waals surface area contributed by atoms with E-state index in [1.165, 1.54) is 22.1 Å². The second-order valence-corrected chi connectivity index (χ2v) is 9.86. The number of allylic oxidation sites excluding steroid dienone is 6. The molecule has 1 aliphatic rings. The first-order chi connectivity index (χ1) is 19.7. The number of rotatable bonds is 8. The van der Waals surface area contributed by atoms with Crippen LogP contribution in [0.3, 0.4) is 0 Å². The molecule has 0 saturated heterocycles. The van der Waals surface area contributed by atoms with Gasteiger partial charge in [0, 0.05) is 27.9 Å². The van der Waals surface area contributed by atoms with E-state index in [1.54, 1.807) is 0 Å². The number of benzene rings is 4. The van der Waals surface area contributed by atoms with Gasteiger partial charge < -0.3 is 9.73 Å². The smallest absolute Gasteiger partial charge is 0.138 e. The van der Waals surface area contributed by atoms with Crippen LogP contribution in [0, 0.1) is 0 Å². The van der Waals surface area contributed by atoms with Crippen molar-refractivity contribution in [3.05, 3.63) is 174 Å². The Morgan fingerprint density at radius 2 is 1.43 bits per heavy atom. The Kier molecular flexibility index (Phi) is 7.15. The summed E-state index contributed by atoms with van der Waals surface area (Å²) in [7, 11) is 0. The lowest BCUT2D eigenvalue weighted by atomic mass is 9.91. The van der Waals surface area contributed by atoms with Crippen molar-refractivity contribution in [1.82, 2.24) is 0 Å². The Morgan fingerprint density at radius 1 is 0.750 bits per heavy atom. The van der Waals surface area contributed by atoms with Crippen LogP contribution >= 0.6 is 0 Å². The van der Waals surface area contributed by atoms with Crippen LogP contribution in [-0.4, -0.2) is 0 Å². The fourth-order valence-corrected chi connectivity index (χ4v) is 5.30. The SMILES string of the molecule is C=CC(C=C)=C(/C=C/c1ccc(Nc2ccc(C3=CCCc4c3oc3ccccc43)cc2)cc1)c1ccccc1. The summed E-state index contributed by atoms with van der Waals surface area (Å²) in [5.74, 6) is 1.01. The molecule has 40 heavy (non-hydrogen) atoms. The van der Waals surface area contributed by atoms with Gasteiger partial charge in [0.15, 0.2) is 0 Å². The molecule has 1 aromatic heterocycles. The molecule has 1 N–H and O–H groups in total. The van der Waals surface area contributed by atoms with E-state index in [0.29, 0.717) is 0 Å². The minimum absolute atomic E-state index is 0.964. The first-order valence-electron chi connectivity index (χ1n) is 13.6. The van der Waals surface area contributed by atoms with Crippen molar-refractivity contribution < 1.29 is 4.42 Å². The monoisotopic (exact) mass is 517 g/mol. The van der Waals surface area contributed by atoms with Crippen LogP contribution in [0.1, 0.15) is 34.4 Å². The molecular weight excluding hydrogens is 486 g/mol. The molecule has 5 aromatic rings. The maximum absolute atomic E-state index is 6.28. The number of fused-ring (bicyclic) bond motifs is 3. The average Bonchev–Trinajstić information content (AvgIpc) is 3.40. The zero-order valence-corrected chi connectivity index (χ0v) is 22.4. The molecule has 0 bridgehead atoms. The van der Waals surface area contributed by atoms with Crippen LogP contribution in [0.15, 0.2) is 151 Å². The van der Waals surface area contributed by atoms with Crippen LogP contribution in [0.2, 0.25) is 0 Å². The van der Waals surface area contributed by atoms with Crippen LogP contribution in [0.5, 0.6) is 0 Å². The summed E-state index contributed by atoms with van der Waals surface area (Å²) in [6.45, 7) is 7.91. The molecule has 0 saturated carbocycles. The quantitative estimate of drug-likeness (QED) is 0.207. The largest absolute Gasteiger partial charge is 0.456 e. The second-order valence-electron chi connectivity index (χ2n) is 9.86. The zero-order chi connectivity index (χ0) is 27.3. The van der Waals surface area contributed by atoms with E-state index < -0.39 is 0 Å². The van der Waals surface area contributed by atoms with Gasteiger partial charge in [0.1, 0.15) is 11.3 Å². The van der Waals surface area contributed by atoms with E-state index in [4.69, 9.17) is 4.42 Å². The third kappa shape index (κ3) is 5.12. The van der Waals surface area contributed by atoms with Gasteiger partial charge in [-0.25, -0.2) is 0 Å². The Labute approximate surface area is 236 Å². The average molecular weight is 518 g/mol. The maximum Gasteiger partial charge on any atom is 0.138 e. The normalized spacial score (nSPS) is 12.6. The van der Waals surface area contributed by atoms with Crippen LogP contribution < -0.4 is 5.32 Å². The lowest BCUT2D eigenvalue weighted by Gasteiger charge is -2.14. The fraction of sp³-hybridized carbons (Fsp3) is 0.0526. The number of hydrogen-bond donors (Lipinski definition) is 1. The number of aryl methyl sites for hydroxylation is 1. The molecule has 0 fully saturated rings. The van der Waals surface area contributed by atoms with Crippen molar-refractivity contribution in [1.29, 1.82) is 0 Å². The van der Waals surface area contributed by atoms with Gasteiger partial charge in [-0.3, -0.25) is 0 Å². The molecule has 1 aliphatic carbocycles. The summed E-state index contributed by atoms with van der Waals surface area (Å²) in [6, 6.07) is 35.7. The van der Waals surface area contributed by atoms with Gasteiger partial charge in [0.05, 0.1) is 0 Å². The van der Waals surface area contributed by atoms with Gasteiger partial charge in [0.2, 0.25) is 0 Å². The zero-order valence-electron chi connectivity index (χ0n) is 22.4. The van der Waals surface area contributed by atoms with E-state index in [-0.39, 0.29) is 0 Å². The highest BCUT2D eigenvalue weighted by Crippen LogP contribution is 2.38. The number of para-hydroxylation sites is 1. The van der Waals surface area contributed by atoms with E-state index in [2.05, 4.69) is 116 Å². The van der Waals surface area contributed by atoms with Crippen molar-refractivity contribution in [3.8, 4) is 0 Å². The molecule has 1 heterocycles. The number of furan rings is 1. The van der Waals surface area contributed by atoms with Crippen molar-refractivity contribution in [2.75, 3.05) is 5.32 Å². The molecule has 2 nitrogen and oxygen atoms in total. The topological polar surface area (TPSA) is 25.2 Å². The standard InChI is InChI=1S/C38H31NO/c1-3-28(4-2)33(29-11-6-5-7-12-29)26-19-27-17-22-31(23-18-27)39-32-24-20-30(21-25-32)34-14-10-15-36-35-13-8-9-16-37(35)40-38(34)36/h3-9,11-14,16-26,39H,1-2,10,15H2/b26-19+. The van der Waals surface area contributed by atoms with Gasteiger partial charge in [-0.2, -0.15) is 0 Å². The summed E-state index contributed by atoms with van der Waals surface area (Å²) < 4.78 is 6.28. The Morgan fingerprint density at radius 3 is 2.15 bits per heavy atom. The van der Waals surface area contributed by atoms with E-state index in [1.807, 2.05) is 36.4 Å². The highest BCUT2D eigenvalue weighted by Gasteiger charge is 2.21. The predicted molar refractivity (Wildman–Crippen MR) is 171 cm³/mol. The van der Waals surface area contributed by atoms with Crippen LogP contribution in [0.25, 0.3) is 28.2 Å². The lowest BCUT2D eigenvalue weighted by Crippen LogP contribution is -1.98. The molecule has 2 heteroatoms. The first-order valence-corrected chi connectivity index (χ1v) is 13.6. The number of hydrogen-bond acceptors (Lipinski definition) is 2. The van der Waals surface area contributed by atoms with E-state index in [0.717, 1.165) is 57.8 Å². The van der Waals surface area contributed by atoms with Gasteiger partial charge in [-0.15, -0.1) is 0 Å². The molecular formula is C38H31NO. The maximum atomic E-state index is 6.28. The third-order valence-corrected chi connectivity index (χ3v) is 7.36.